The third-order valence-corrected chi connectivity index (χ3v) is 1.54. The van der Waals surface area contributed by atoms with Crippen LogP contribution in [0.3, 0.4) is 0 Å². The molecule has 1 rings (SSSR count). The second kappa shape index (κ2) is 4.64. The minimum absolute atomic E-state index is 0.185. The highest BCUT2D eigenvalue weighted by Crippen LogP contribution is 2.06. The first-order chi connectivity index (χ1) is 6.27. The van der Waals surface area contributed by atoms with Gasteiger partial charge in [0, 0.05) is 6.07 Å². The smallest absolute Gasteiger partial charge is 0.377 e. The lowest BCUT2D eigenvalue weighted by molar-refractivity contribution is 0.0479. The summed E-state index contributed by atoms with van der Waals surface area (Å²) in [5.41, 5.74) is 0.797. The Morgan fingerprint density at radius 3 is 3.00 bits per heavy atom. The number of nitrogens with zero attached hydrogens (tertiary/aromatic N) is 1. The van der Waals surface area contributed by atoms with Gasteiger partial charge in [0.2, 0.25) is 5.76 Å². The van der Waals surface area contributed by atoms with Crippen molar-refractivity contribution in [2.75, 3.05) is 6.61 Å². The van der Waals surface area contributed by atoms with Gasteiger partial charge in [-0.15, -0.1) is 0 Å². The van der Waals surface area contributed by atoms with Crippen LogP contribution in [0.25, 0.3) is 0 Å². The van der Waals surface area contributed by atoms with E-state index in [4.69, 9.17) is 9.26 Å². The molecule has 0 unspecified atom stereocenters. The highest BCUT2D eigenvalue weighted by Gasteiger charge is 2.12. The Morgan fingerprint density at radius 2 is 2.38 bits per heavy atom. The Hall–Kier alpha value is -1.32. The molecular weight excluding hydrogens is 170 g/mol. The zero-order valence-electron chi connectivity index (χ0n) is 7.87. The number of hydrogen-bond donors (Lipinski definition) is 0. The van der Waals surface area contributed by atoms with Crippen LogP contribution in [0.4, 0.5) is 0 Å². The molecule has 0 spiro atoms. The molecule has 0 bridgehead atoms. The predicted octanol–water partition coefficient (Wildman–Crippen LogP) is 1.80. The molecule has 1 heterocycles. The maximum Gasteiger partial charge on any atom is 0.377 e. The van der Waals surface area contributed by atoms with Crippen molar-refractivity contribution in [2.24, 2.45) is 0 Å². The predicted molar refractivity (Wildman–Crippen MR) is 46.5 cm³/mol. The summed E-state index contributed by atoms with van der Waals surface area (Å²) in [7, 11) is 0. The van der Waals surface area contributed by atoms with Crippen molar-refractivity contribution in [2.45, 2.75) is 26.7 Å². The number of ether oxygens (including phenoxy) is 1. The number of esters is 1. The molecule has 0 saturated carbocycles. The number of carbonyl (C=O) groups excluding carboxylic acids is 1. The largest absolute Gasteiger partial charge is 0.460 e. The summed E-state index contributed by atoms with van der Waals surface area (Å²) in [6.45, 7) is 4.14. The Morgan fingerprint density at radius 1 is 1.62 bits per heavy atom. The lowest BCUT2D eigenvalue weighted by Crippen LogP contribution is -2.02. The molecule has 1 aromatic heterocycles. The van der Waals surface area contributed by atoms with Crippen molar-refractivity contribution in [1.29, 1.82) is 0 Å². The van der Waals surface area contributed by atoms with Gasteiger partial charge in [0.15, 0.2) is 0 Å². The molecule has 0 radical (unpaired) electrons. The van der Waals surface area contributed by atoms with Gasteiger partial charge in [-0.25, -0.2) is 4.79 Å². The fourth-order valence-electron chi connectivity index (χ4n) is 0.984. The van der Waals surface area contributed by atoms with Crippen LogP contribution in [0.1, 0.15) is 36.5 Å². The minimum Gasteiger partial charge on any atom is -0.460 e. The van der Waals surface area contributed by atoms with Crippen LogP contribution in [-0.4, -0.2) is 17.7 Å². The second-order valence-electron chi connectivity index (χ2n) is 2.65. The minimum atomic E-state index is -0.447. The zero-order valence-corrected chi connectivity index (χ0v) is 7.87. The normalized spacial score (nSPS) is 10.0. The summed E-state index contributed by atoms with van der Waals surface area (Å²) in [6, 6.07) is 1.63. The average molecular weight is 183 g/mol. The molecule has 0 amide bonds. The maximum atomic E-state index is 11.1. The van der Waals surface area contributed by atoms with Crippen LogP contribution in [0.2, 0.25) is 0 Å². The van der Waals surface area contributed by atoms with Gasteiger partial charge in [-0.3, -0.25) is 0 Å². The zero-order chi connectivity index (χ0) is 9.68. The molecule has 0 aromatic carbocycles. The maximum absolute atomic E-state index is 11.1. The van der Waals surface area contributed by atoms with Crippen molar-refractivity contribution in [3.63, 3.8) is 0 Å². The summed E-state index contributed by atoms with van der Waals surface area (Å²) in [5.74, 6) is -0.261. The summed E-state index contributed by atoms with van der Waals surface area (Å²) in [5, 5.41) is 3.73. The quantitative estimate of drug-likeness (QED) is 0.668. The molecule has 0 fully saturated rings. The van der Waals surface area contributed by atoms with Crippen molar-refractivity contribution >= 4 is 5.97 Å². The topological polar surface area (TPSA) is 52.3 Å². The van der Waals surface area contributed by atoms with Crippen LogP contribution in [0.15, 0.2) is 10.6 Å². The number of aryl methyl sites for hydroxylation is 1. The molecule has 0 aliphatic heterocycles. The molecule has 0 aliphatic rings. The SMILES string of the molecule is CCCc1cc(C(=O)OCC)on1. The van der Waals surface area contributed by atoms with E-state index in [1.54, 1.807) is 13.0 Å². The molecule has 0 aliphatic carbocycles. The molecule has 13 heavy (non-hydrogen) atoms. The van der Waals surface area contributed by atoms with E-state index < -0.39 is 5.97 Å². The molecule has 72 valence electrons. The fourth-order valence-corrected chi connectivity index (χ4v) is 0.984. The van der Waals surface area contributed by atoms with Crippen LogP contribution in [0, 0.1) is 0 Å². The number of aromatic nitrogens is 1. The van der Waals surface area contributed by atoms with E-state index in [1.807, 2.05) is 6.92 Å². The molecule has 0 N–H and O–H groups in total. The molecule has 0 atom stereocenters. The Bertz CT molecular complexity index is 280. The van der Waals surface area contributed by atoms with Gasteiger partial charge in [-0.05, 0) is 13.3 Å². The van der Waals surface area contributed by atoms with Crippen molar-refractivity contribution in [1.82, 2.24) is 5.16 Å². The summed E-state index contributed by atoms with van der Waals surface area (Å²) in [6.07, 6.45) is 1.80. The Kier molecular flexibility index (Phi) is 3.49. The van der Waals surface area contributed by atoms with E-state index in [9.17, 15) is 4.79 Å². The van der Waals surface area contributed by atoms with Gasteiger partial charge in [-0.2, -0.15) is 0 Å². The van der Waals surface area contributed by atoms with Crippen LogP contribution in [-0.2, 0) is 11.2 Å². The standard InChI is InChI=1S/C9H13NO3/c1-3-5-7-6-8(13-10-7)9(11)12-4-2/h6H,3-5H2,1-2H3. The summed E-state index contributed by atoms with van der Waals surface area (Å²) in [4.78, 5) is 11.1. The first-order valence-corrected chi connectivity index (χ1v) is 4.40. The molecular formula is C9H13NO3. The molecule has 1 aromatic rings. The van der Waals surface area contributed by atoms with E-state index >= 15 is 0 Å². The molecule has 4 nitrogen and oxygen atoms in total. The van der Waals surface area contributed by atoms with Crippen molar-refractivity contribution in [3.8, 4) is 0 Å². The van der Waals surface area contributed by atoms with E-state index in [0.29, 0.717) is 6.61 Å². The van der Waals surface area contributed by atoms with Crippen LogP contribution < -0.4 is 0 Å². The van der Waals surface area contributed by atoms with Gasteiger partial charge in [-0.1, -0.05) is 18.5 Å². The fraction of sp³-hybridized carbons (Fsp3) is 0.556. The van der Waals surface area contributed by atoms with Gasteiger partial charge in [0.25, 0.3) is 0 Å². The van der Waals surface area contributed by atoms with Crippen molar-refractivity contribution < 1.29 is 14.1 Å². The first kappa shape index (κ1) is 9.77. The Balaban J connectivity index is 2.62. The van der Waals surface area contributed by atoms with Crippen LogP contribution in [0.5, 0.6) is 0 Å². The van der Waals surface area contributed by atoms with Crippen molar-refractivity contribution in [3.05, 3.63) is 17.5 Å². The second-order valence-corrected chi connectivity index (χ2v) is 2.65. The lowest BCUT2D eigenvalue weighted by Gasteiger charge is -1.94. The number of carbonyl (C=O) groups is 1. The summed E-state index contributed by atoms with van der Waals surface area (Å²) >= 11 is 0. The van der Waals surface area contributed by atoms with E-state index in [0.717, 1.165) is 18.5 Å². The van der Waals surface area contributed by atoms with Crippen LogP contribution >= 0.6 is 0 Å². The highest BCUT2D eigenvalue weighted by molar-refractivity contribution is 5.86. The molecule has 4 heteroatoms. The van der Waals surface area contributed by atoms with E-state index in [1.165, 1.54) is 0 Å². The third-order valence-electron chi connectivity index (χ3n) is 1.54. The van der Waals surface area contributed by atoms with E-state index in [-0.39, 0.29) is 5.76 Å². The highest BCUT2D eigenvalue weighted by atomic mass is 16.6. The van der Waals surface area contributed by atoms with Gasteiger partial charge >= 0.3 is 5.97 Å². The van der Waals surface area contributed by atoms with E-state index in [2.05, 4.69) is 5.16 Å². The first-order valence-electron chi connectivity index (χ1n) is 4.40. The molecule has 0 saturated heterocycles. The number of hydrogen-bond acceptors (Lipinski definition) is 4. The lowest BCUT2D eigenvalue weighted by atomic mass is 10.2. The van der Waals surface area contributed by atoms with Gasteiger partial charge in [0.1, 0.15) is 0 Å². The average Bonchev–Trinajstić information content (AvgIpc) is 2.54. The third kappa shape index (κ3) is 2.57. The summed E-state index contributed by atoms with van der Waals surface area (Å²) < 4.78 is 9.55. The Labute approximate surface area is 76.9 Å². The monoisotopic (exact) mass is 183 g/mol. The van der Waals surface area contributed by atoms with Gasteiger partial charge in [0.05, 0.1) is 12.3 Å². The van der Waals surface area contributed by atoms with Gasteiger partial charge < -0.3 is 9.26 Å². The number of rotatable bonds is 4.